The monoisotopic (exact) mass is 388 g/mol. The molecule has 1 aliphatic heterocycles. The molecule has 2 heterocycles. The minimum Gasteiger partial charge on any atom is -0.360 e. The fraction of sp³-hybridized carbons (Fsp3) is 0.762. The van der Waals surface area contributed by atoms with E-state index in [1.807, 2.05) is 4.90 Å². The van der Waals surface area contributed by atoms with Gasteiger partial charge in [-0.05, 0) is 57.3 Å². The number of hydrogen-bond donors (Lipinski definition) is 2. The molecule has 7 nitrogen and oxygen atoms in total. The van der Waals surface area contributed by atoms with Crippen LogP contribution in [0.15, 0.2) is 10.6 Å². The molecule has 1 saturated heterocycles. The van der Waals surface area contributed by atoms with Crippen LogP contribution >= 0.6 is 0 Å². The first-order valence-electron chi connectivity index (χ1n) is 10.9. The standard InChI is InChI=1S/C21H32N4O3/c1-2-13-12-25(21(27)15-5-7-16(22)8-6-15)10-9-17(13)23-20(26)18-11-19(28-24-18)14-3-4-14/h11,13-17H,2-10,12,22H2,1H3,(H,23,26)/t13-,15?,16?,17-/m0/s1. The summed E-state index contributed by atoms with van der Waals surface area (Å²) in [4.78, 5) is 27.5. The van der Waals surface area contributed by atoms with Gasteiger partial charge in [0.2, 0.25) is 5.91 Å². The Morgan fingerprint density at radius 3 is 2.64 bits per heavy atom. The van der Waals surface area contributed by atoms with Crippen LogP contribution in [0.2, 0.25) is 0 Å². The number of carbonyl (C=O) groups is 2. The second kappa shape index (κ2) is 8.23. The average molecular weight is 389 g/mol. The number of likely N-dealkylation sites (tertiary alicyclic amines) is 1. The van der Waals surface area contributed by atoms with Crippen LogP contribution in [0.1, 0.15) is 80.5 Å². The van der Waals surface area contributed by atoms with Gasteiger partial charge in [0.1, 0.15) is 5.76 Å². The van der Waals surface area contributed by atoms with Gasteiger partial charge < -0.3 is 20.5 Å². The highest BCUT2D eigenvalue weighted by Crippen LogP contribution is 2.40. The summed E-state index contributed by atoms with van der Waals surface area (Å²) in [6.07, 6.45) is 7.65. The Hall–Kier alpha value is -1.89. The Balaban J connectivity index is 1.32. The van der Waals surface area contributed by atoms with Crippen molar-refractivity contribution >= 4 is 11.8 Å². The molecule has 0 aromatic carbocycles. The van der Waals surface area contributed by atoms with Crippen LogP contribution in [0.25, 0.3) is 0 Å². The summed E-state index contributed by atoms with van der Waals surface area (Å²) in [7, 11) is 0. The van der Waals surface area contributed by atoms with Gasteiger partial charge in [0.15, 0.2) is 5.69 Å². The topological polar surface area (TPSA) is 101 Å². The molecule has 2 amide bonds. The largest absolute Gasteiger partial charge is 0.360 e. The molecule has 0 unspecified atom stereocenters. The predicted octanol–water partition coefficient (Wildman–Crippen LogP) is 2.43. The zero-order valence-corrected chi connectivity index (χ0v) is 16.7. The summed E-state index contributed by atoms with van der Waals surface area (Å²) < 4.78 is 5.30. The number of nitrogens with one attached hydrogen (secondary N) is 1. The second-order valence-corrected chi connectivity index (χ2v) is 8.82. The van der Waals surface area contributed by atoms with E-state index in [1.165, 1.54) is 0 Å². The van der Waals surface area contributed by atoms with Gasteiger partial charge in [-0.3, -0.25) is 9.59 Å². The minimum absolute atomic E-state index is 0.0717. The molecule has 4 rings (SSSR count). The Labute approximate surface area is 166 Å². The summed E-state index contributed by atoms with van der Waals surface area (Å²) in [5, 5.41) is 7.08. The number of nitrogens with two attached hydrogens (primary N) is 1. The van der Waals surface area contributed by atoms with Crippen molar-refractivity contribution in [2.24, 2.45) is 17.6 Å². The zero-order chi connectivity index (χ0) is 19.7. The quantitative estimate of drug-likeness (QED) is 0.807. The number of aromatic nitrogens is 1. The van der Waals surface area contributed by atoms with Crippen LogP contribution in [0.3, 0.4) is 0 Å². The maximum atomic E-state index is 12.9. The first kappa shape index (κ1) is 19.4. The molecule has 2 atom stereocenters. The van der Waals surface area contributed by atoms with E-state index >= 15 is 0 Å². The zero-order valence-electron chi connectivity index (χ0n) is 16.7. The summed E-state index contributed by atoms with van der Waals surface area (Å²) >= 11 is 0. The number of piperidine rings is 1. The van der Waals surface area contributed by atoms with Crippen molar-refractivity contribution < 1.29 is 14.1 Å². The lowest BCUT2D eigenvalue weighted by molar-refractivity contribution is -0.138. The van der Waals surface area contributed by atoms with Crippen molar-refractivity contribution in [3.63, 3.8) is 0 Å². The van der Waals surface area contributed by atoms with Gasteiger partial charge in [-0.15, -0.1) is 0 Å². The lowest BCUT2D eigenvalue weighted by atomic mass is 9.84. The van der Waals surface area contributed by atoms with Gasteiger partial charge in [-0.1, -0.05) is 12.1 Å². The van der Waals surface area contributed by atoms with Crippen LogP contribution in [-0.4, -0.2) is 47.0 Å². The van der Waals surface area contributed by atoms with Crippen LogP contribution in [0.5, 0.6) is 0 Å². The van der Waals surface area contributed by atoms with Crippen LogP contribution in [0.4, 0.5) is 0 Å². The maximum Gasteiger partial charge on any atom is 0.273 e. The van der Waals surface area contributed by atoms with Crippen molar-refractivity contribution in [2.45, 2.75) is 76.3 Å². The third kappa shape index (κ3) is 4.24. The van der Waals surface area contributed by atoms with Crippen molar-refractivity contribution in [2.75, 3.05) is 13.1 Å². The average Bonchev–Trinajstić information content (AvgIpc) is 3.44. The number of rotatable bonds is 5. The lowest BCUT2D eigenvalue weighted by Gasteiger charge is -2.40. The molecule has 3 N–H and O–H groups in total. The maximum absolute atomic E-state index is 12.9. The smallest absolute Gasteiger partial charge is 0.273 e. The minimum atomic E-state index is -0.167. The van der Waals surface area contributed by atoms with E-state index in [2.05, 4.69) is 17.4 Å². The Morgan fingerprint density at radius 1 is 1.21 bits per heavy atom. The van der Waals surface area contributed by atoms with E-state index in [1.54, 1.807) is 6.07 Å². The van der Waals surface area contributed by atoms with E-state index in [-0.39, 0.29) is 35.7 Å². The predicted molar refractivity (Wildman–Crippen MR) is 105 cm³/mol. The molecule has 28 heavy (non-hydrogen) atoms. The summed E-state index contributed by atoms with van der Waals surface area (Å²) in [5.74, 6) is 1.77. The highest BCUT2D eigenvalue weighted by Gasteiger charge is 2.36. The van der Waals surface area contributed by atoms with Crippen molar-refractivity contribution in [3.05, 3.63) is 17.5 Å². The molecule has 3 fully saturated rings. The number of hydrogen-bond acceptors (Lipinski definition) is 5. The van der Waals surface area contributed by atoms with E-state index in [0.717, 1.165) is 63.7 Å². The molecule has 0 spiro atoms. The molecule has 0 bridgehead atoms. The van der Waals surface area contributed by atoms with E-state index in [0.29, 0.717) is 18.2 Å². The highest BCUT2D eigenvalue weighted by atomic mass is 16.5. The lowest BCUT2D eigenvalue weighted by Crippen LogP contribution is -2.53. The van der Waals surface area contributed by atoms with Crippen LogP contribution in [-0.2, 0) is 4.79 Å². The number of nitrogens with zero attached hydrogens (tertiary/aromatic N) is 2. The van der Waals surface area contributed by atoms with E-state index in [9.17, 15) is 9.59 Å². The third-order valence-electron chi connectivity index (χ3n) is 6.75. The molecule has 1 aromatic rings. The fourth-order valence-electron chi connectivity index (χ4n) is 4.66. The fourth-order valence-corrected chi connectivity index (χ4v) is 4.66. The van der Waals surface area contributed by atoms with Gasteiger partial charge in [0.25, 0.3) is 5.91 Å². The van der Waals surface area contributed by atoms with Gasteiger partial charge in [0.05, 0.1) is 0 Å². The number of amides is 2. The molecule has 2 saturated carbocycles. The Kier molecular flexibility index (Phi) is 5.71. The highest BCUT2D eigenvalue weighted by molar-refractivity contribution is 5.92. The van der Waals surface area contributed by atoms with Gasteiger partial charge >= 0.3 is 0 Å². The van der Waals surface area contributed by atoms with Crippen LogP contribution in [0, 0.1) is 11.8 Å². The van der Waals surface area contributed by atoms with Gasteiger partial charge in [-0.25, -0.2) is 0 Å². The molecule has 3 aliphatic rings. The molecule has 0 radical (unpaired) electrons. The first-order valence-corrected chi connectivity index (χ1v) is 10.9. The van der Waals surface area contributed by atoms with Gasteiger partial charge in [-0.2, -0.15) is 0 Å². The van der Waals surface area contributed by atoms with E-state index in [4.69, 9.17) is 10.3 Å². The van der Waals surface area contributed by atoms with Crippen molar-refractivity contribution in [3.8, 4) is 0 Å². The molecule has 7 heteroatoms. The summed E-state index contributed by atoms with van der Waals surface area (Å²) in [6, 6.07) is 2.10. The summed E-state index contributed by atoms with van der Waals surface area (Å²) in [5.41, 5.74) is 6.35. The molecule has 154 valence electrons. The molecule has 2 aliphatic carbocycles. The van der Waals surface area contributed by atoms with Crippen molar-refractivity contribution in [1.82, 2.24) is 15.4 Å². The second-order valence-electron chi connectivity index (χ2n) is 8.82. The third-order valence-corrected chi connectivity index (χ3v) is 6.75. The van der Waals surface area contributed by atoms with Crippen LogP contribution < -0.4 is 11.1 Å². The number of carbonyl (C=O) groups excluding carboxylic acids is 2. The first-order chi connectivity index (χ1) is 13.5. The Morgan fingerprint density at radius 2 is 1.96 bits per heavy atom. The van der Waals surface area contributed by atoms with Gasteiger partial charge in [0, 0.05) is 43.1 Å². The Bertz CT molecular complexity index is 706. The van der Waals surface area contributed by atoms with Crippen molar-refractivity contribution in [1.29, 1.82) is 0 Å². The molecular weight excluding hydrogens is 356 g/mol. The molecular formula is C21H32N4O3. The molecule has 1 aromatic heterocycles. The SMILES string of the molecule is CC[C@H]1CN(C(=O)C2CCC(N)CC2)CC[C@@H]1NC(=O)c1cc(C2CC2)on1. The van der Waals surface area contributed by atoms with E-state index < -0.39 is 0 Å². The normalized spacial score (nSPS) is 30.9. The summed E-state index contributed by atoms with van der Waals surface area (Å²) in [6.45, 7) is 3.54.